The van der Waals surface area contributed by atoms with E-state index in [4.69, 9.17) is 4.74 Å². The van der Waals surface area contributed by atoms with Gasteiger partial charge in [-0.25, -0.2) is 4.79 Å². The van der Waals surface area contributed by atoms with Crippen molar-refractivity contribution >= 4 is 11.8 Å². The molecule has 1 atom stereocenters. The van der Waals surface area contributed by atoms with Crippen LogP contribution in [0.4, 0.5) is 0 Å². The highest BCUT2D eigenvalue weighted by Crippen LogP contribution is 2.15. The summed E-state index contributed by atoms with van der Waals surface area (Å²) in [6.45, 7) is 0.694. The van der Waals surface area contributed by atoms with Crippen LogP contribution in [0.5, 0.6) is 0 Å². The molecule has 0 saturated carbocycles. The predicted octanol–water partition coefficient (Wildman–Crippen LogP) is 0.688. The molecule has 1 aliphatic heterocycles. The van der Waals surface area contributed by atoms with Gasteiger partial charge in [0.05, 0.1) is 13.2 Å². The van der Waals surface area contributed by atoms with Crippen molar-refractivity contribution in [2.24, 2.45) is 0 Å². The van der Waals surface area contributed by atoms with Gasteiger partial charge in [0.2, 0.25) is 5.78 Å². The van der Waals surface area contributed by atoms with Crippen molar-refractivity contribution in [1.29, 1.82) is 0 Å². The van der Waals surface area contributed by atoms with Crippen LogP contribution in [-0.4, -0.2) is 31.6 Å². The van der Waals surface area contributed by atoms with E-state index < -0.39 is 11.8 Å². The summed E-state index contributed by atoms with van der Waals surface area (Å²) in [6, 6.07) is 0. The van der Waals surface area contributed by atoms with Crippen molar-refractivity contribution in [1.82, 2.24) is 0 Å². The van der Waals surface area contributed by atoms with Crippen LogP contribution in [0.15, 0.2) is 0 Å². The van der Waals surface area contributed by atoms with E-state index in [2.05, 4.69) is 4.74 Å². The second kappa shape index (κ2) is 4.97. The van der Waals surface area contributed by atoms with Crippen LogP contribution in [0.2, 0.25) is 0 Å². The third kappa shape index (κ3) is 3.14. The molecule has 0 bridgehead atoms. The smallest absolute Gasteiger partial charge is 0.374 e. The molecule has 74 valence electrons. The first kappa shape index (κ1) is 10.2. The molecule has 4 nitrogen and oxygen atoms in total. The Morgan fingerprint density at radius 3 is 2.77 bits per heavy atom. The third-order valence-corrected chi connectivity index (χ3v) is 2.10. The van der Waals surface area contributed by atoms with Gasteiger partial charge in [0.15, 0.2) is 0 Å². The van der Waals surface area contributed by atoms with Crippen LogP contribution in [0.25, 0.3) is 0 Å². The fraction of sp³-hybridized carbons (Fsp3) is 0.778. The minimum atomic E-state index is -0.769. The van der Waals surface area contributed by atoms with Crippen molar-refractivity contribution in [2.45, 2.75) is 31.8 Å². The van der Waals surface area contributed by atoms with Gasteiger partial charge < -0.3 is 9.47 Å². The molecule has 13 heavy (non-hydrogen) atoms. The van der Waals surface area contributed by atoms with Gasteiger partial charge in [-0.15, -0.1) is 0 Å². The molecule has 1 aliphatic rings. The Kier molecular flexibility index (Phi) is 3.89. The number of carbonyl (C=O) groups excluding carboxylic acids is 2. The number of ether oxygens (including phenoxy) is 2. The molecule has 4 heteroatoms. The van der Waals surface area contributed by atoms with Crippen LogP contribution in [-0.2, 0) is 19.1 Å². The second-order valence-corrected chi connectivity index (χ2v) is 3.11. The highest BCUT2D eigenvalue weighted by Gasteiger charge is 2.22. The summed E-state index contributed by atoms with van der Waals surface area (Å²) in [7, 11) is 1.21. The molecule has 1 heterocycles. The number of ketones is 1. The number of methoxy groups -OCH3 is 1. The van der Waals surface area contributed by atoms with Crippen LogP contribution in [0.3, 0.4) is 0 Å². The molecular formula is C9H14O4. The highest BCUT2D eigenvalue weighted by molar-refractivity contribution is 6.33. The van der Waals surface area contributed by atoms with Gasteiger partial charge in [0.1, 0.15) is 0 Å². The molecule has 0 aromatic rings. The second-order valence-electron chi connectivity index (χ2n) is 3.11. The number of esters is 1. The van der Waals surface area contributed by atoms with Gasteiger partial charge in [0, 0.05) is 13.0 Å². The first-order valence-electron chi connectivity index (χ1n) is 4.47. The zero-order chi connectivity index (χ0) is 9.68. The maximum Gasteiger partial charge on any atom is 0.374 e. The van der Waals surface area contributed by atoms with E-state index in [-0.39, 0.29) is 12.5 Å². The van der Waals surface area contributed by atoms with E-state index in [0.29, 0.717) is 6.61 Å². The molecule has 0 amide bonds. The van der Waals surface area contributed by atoms with Crippen molar-refractivity contribution in [2.75, 3.05) is 13.7 Å². The molecule has 0 aromatic heterocycles. The summed E-state index contributed by atoms with van der Waals surface area (Å²) >= 11 is 0. The Morgan fingerprint density at radius 2 is 2.23 bits per heavy atom. The summed E-state index contributed by atoms with van der Waals surface area (Å²) in [5, 5.41) is 0. The summed E-state index contributed by atoms with van der Waals surface area (Å²) in [4.78, 5) is 21.8. The topological polar surface area (TPSA) is 52.6 Å². The SMILES string of the molecule is COC(=O)C(=O)CC1CCCCO1. The van der Waals surface area contributed by atoms with Gasteiger partial charge >= 0.3 is 5.97 Å². The van der Waals surface area contributed by atoms with Gasteiger partial charge in [-0.1, -0.05) is 0 Å². The lowest BCUT2D eigenvalue weighted by Gasteiger charge is -2.21. The lowest BCUT2D eigenvalue weighted by atomic mass is 10.0. The van der Waals surface area contributed by atoms with Crippen LogP contribution in [0.1, 0.15) is 25.7 Å². The molecular weight excluding hydrogens is 172 g/mol. The first-order chi connectivity index (χ1) is 6.24. The summed E-state index contributed by atoms with van der Waals surface area (Å²) in [5.41, 5.74) is 0. The minimum Gasteiger partial charge on any atom is -0.463 e. The highest BCUT2D eigenvalue weighted by atomic mass is 16.5. The third-order valence-electron chi connectivity index (χ3n) is 2.10. The fourth-order valence-corrected chi connectivity index (χ4v) is 1.37. The maximum atomic E-state index is 11.1. The predicted molar refractivity (Wildman–Crippen MR) is 45.2 cm³/mol. The summed E-state index contributed by atoms with van der Waals surface area (Å²) < 4.78 is 9.62. The van der Waals surface area contributed by atoms with E-state index in [9.17, 15) is 9.59 Å². The van der Waals surface area contributed by atoms with E-state index in [0.717, 1.165) is 19.3 Å². The van der Waals surface area contributed by atoms with Gasteiger partial charge in [-0.2, -0.15) is 0 Å². The average molecular weight is 186 g/mol. The number of carbonyl (C=O) groups is 2. The van der Waals surface area contributed by atoms with Crippen molar-refractivity contribution in [3.05, 3.63) is 0 Å². The Hall–Kier alpha value is -0.900. The Labute approximate surface area is 77.2 Å². The fourth-order valence-electron chi connectivity index (χ4n) is 1.37. The van der Waals surface area contributed by atoms with Crippen molar-refractivity contribution in [3.8, 4) is 0 Å². The van der Waals surface area contributed by atoms with Crippen LogP contribution >= 0.6 is 0 Å². The van der Waals surface area contributed by atoms with Crippen molar-refractivity contribution < 1.29 is 19.1 Å². The Balaban J connectivity index is 2.30. The minimum absolute atomic E-state index is 0.0830. The molecule has 1 fully saturated rings. The molecule has 0 radical (unpaired) electrons. The van der Waals surface area contributed by atoms with E-state index in [1.807, 2.05) is 0 Å². The van der Waals surface area contributed by atoms with Crippen LogP contribution < -0.4 is 0 Å². The normalized spacial score (nSPS) is 22.4. The molecule has 0 N–H and O–H groups in total. The van der Waals surface area contributed by atoms with E-state index in [1.165, 1.54) is 7.11 Å². The number of hydrogen-bond donors (Lipinski definition) is 0. The monoisotopic (exact) mass is 186 g/mol. The first-order valence-corrected chi connectivity index (χ1v) is 4.47. The lowest BCUT2D eigenvalue weighted by molar-refractivity contribution is -0.153. The van der Waals surface area contributed by atoms with Gasteiger partial charge in [0.25, 0.3) is 0 Å². The van der Waals surface area contributed by atoms with Crippen LogP contribution in [0, 0.1) is 0 Å². The van der Waals surface area contributed by atoms with Gasteiger partial charge in [-0.05, 0) is 19.3 Å². The zero-order valence-corrected chi connectivity index (χ0v) is 7.75. The Bertz CT molecular complexity index is 194. The summed E-state index contributed by atoms with van der Waals surface area (Å²) in [6.07, 6.45) is 3.05. The maximum absolute atomic E-state index is 11.1. The molecule has 0 aliphatic carbocycles. The quantitative estimate of drug-likeness (QED) is 0.480. The average Bonchev–Trinajstić information content (AvgIpc) is 2.18. The standard InChI is InChI=1S/C9H14O4/c1-12-9(11)8(10)6-7-4-2-3-5-13-7/h7H,2-6H2,1H3. The largest absolute Gasteiger partial charge is 0.463 e. The molecule has 1 saturated heterocycles. The zero-order valence-electron chi connectivity index (χ0n) is 7.75. The van der Waals surface area contributed by atoms with E-state index >= 15 is 0 Å². The number of hydrogen-bond acceptors (Lipinski definition) is 4. The molecule has 1 rings (SSSR count). The van der Waals surface area contributed by atoms with Gasteiger partial charge in [-0.3, -0.25) is 4.79 Å². The Morgan fingerprint density at radius 1 is 1.46 bits per heavy atom. The molecule has 0 aromatic carbocycles. The van der Waals surface area contributed by atoms with E-state index in [1.54, 1.807) is 0 Å². The lowest BCUT2D eigenvalue weighted by Crippen LogP contribution is -2.26. The molecule has 1 unspecified atom stereocenters. The van der Waals surface area contributed by atoms with Crippen molar-refractivity contribution in [3.63, 3.8) is 0 Å². The number of Topliss-reactive ketones (excluding diaryl/α,β-unsaturated/α-hetero) is 1. The molecule has 0 spiro atoms. The summed E-state index contributed by atoms with van der Waals surface area (Å²) in [5.74, 6) is -1.26. The number of rotatable bonds is 3.